The number of nitrogens with zero attached hydrogens (tertiary/aromatic N) is 5. The fourth-order valence-electron chi connectivity index (χ4n) is 3.50. The van der Waals surface area contributed by atoms with Crippen molar-refractivity contribution in [1.29, 1.82) is 0 Å². The summed E-state index contributed by atoms with van der Waals surface area (Å²) < 4.78 is 0. The van der Waals surface area contributed by atoms with E-state index in [4.69, 9.17) is 0 Å². The van der Waals surface area contributed by atoms with Crippen molar-refractivity contribution in [2.75, 3.05) is 61.5 Å². The molecule has 2 fully saturated rings. The second-order valence-corrected chi connectivity index (χ2v) is 8.73. The van der Waals surface area contributed by atoms with Crippen LogP contribution < -0.4 is 20.4 Å². The highest BCUT2D eigenvalue weighted by atomic mass is 32.2. The minimum absolute atomic E-state index is 0.0474. The van der Waals surface area contributed by atoms with Crippen LogP contribution in [0.2, 0.25) is 0 Å². The van der Waals surface area contributed by atoms with E-state index in [1.807, 2.05) is 35.2 Å². The molecule has 178 valence electrons. The van der Waals surface area contributed by atoms with Crippen LogP contribution in [0, 0.1) is 0 Å². The maximum atomic E-state index is 12.6. The SMILES string of the molecule is CN(CCO)c1cc(/C=C2\SC(=O)NC2=O)nc(N2CCN(C(=O)Nc3ccccc3)CC2)n1. The number of imide groups is 1. The summed E-state index contributed by atoms with van der Waals surface area (Å²) in [6.07, 6.45) is 1.55. The molecule has 0 bridgehead atoms. The molecule has 3 N–H and O–H groups in total. The van der Waals surface area contributed by atoms with Crippen LogP contribution in [-0.2, 0) is 4.79 Å². The lowest BCUT2D eigenvalue weighted by Crippen LogP contribution is -2.50. The van der Waals surface area contributed by atoms with Gasteiger partial charge in [-0.3, -0.25) is 14.9 Å². The van der Waals surface area contributed by atoms with Crippen LogP contribution in [0.4, 0.5) is 27.0 Å². The molecule has 1 aromatic carbocycles. The van der Waals surface area contributed by atoms with Gasteiger partial charge in [-0.05, 0) is 30.0 Å². The van der Waals surface area contributed by atoms with Gasteiger partial charge in [-0.25, -0.2) is 9.78 Å². The Morgan fingerprint density at radius 3 is 2.59 bits per heavy atom. The molecule has 2 saturated heterocycles. The lowest BCUT2D eigenvalue weighted by atomic mass is 10.3. The van der Waals surface area contributed by atoms with Gasteiger partial charge in [0.2, 0.25) is 5.95 Å². The quantitative estimate of drug-likeness (QED) is 0.524. The van der Waals surface area contributed by atoms with E-state index in [0.29, 0.717) is 50.2 Å². The zero-order chi connectivity index (χ0) is 24.1. The standard InChI is InChI=1S/C22H25N7O4S/c1-27(11-12-30)18-14-16(13-17-19(31)26-22(33)34-17)23-20(25-18)28-7-9-29(10-8-28)21(32)24-15-5-3-2-4-6-15/h2-6,13-14,30H,7-12H2,1H3,(H,24,32)(H,26,31,33)/b17-13-. The van der Waals surface area contributed by atoms with Crippen molar-refractivity contribution in [3.05, 3.63) is 47.0 Å². The van der Waals surface area contributed by atoms with E-state index >= 15 is 0 Å². The van der Waals surface area contributed by atoms with E-state index in [0.717, 1.165) is 17.4 Å². The molecule has 0 spiro atoms. The van der Waals surface area contributed by atoms with Gasteiger partial charge in [0.1, 0.15) is 5.82 Å². The highest BCUT2D eigenvalue weighted by Crippen LogP contribution is 2.27. The molecule has 2 aromatic rings. The van der Waals surface area contributed by atoms with Gasteiger partial charge in [0.15, 0.2) is 0 Å². The predicted octanol–water partition coefficient (Wildman–Crippen LogP) is 1.58. The van der Waals surface area contributed by atoms with Crippen LogP contribution in [0.1, 0.15) is 5.69 Å². The molecule has 2 aliphatic heterocycles. The second-order valence-electron chi connectivity index (χ2n) is 7.72. The average Bonchev–Trinajstić information content (AvgIpc) is 3.16. The molecule has 3 heterocycles. The maximum Gasteiger partial charge on any atom is 0.321 e. The fraction of sp³-hybridized carbons (Fsp3) is 0.318. The Balaban J connectivity index is 1.50. The first-order valence-electron chi connectivity index (χ1n) is 10.7. The Morgan fingerprint density at radius 2 is 1.94 bits per heavy atom. The van der Waals surface area contributed by atoms with Crippen LogP contribution in [0.3, 0.4) is 0 Å². The summed E-state index contributed by atoms with van der Waals surface area (Å²) in [5.74, 6) is 0.565. The lowest BCUT2D eigenvalue weighted by molar-refractivity contribution is -0.115. The number of hydrogen-bond donors (Lipinski definition) is 3. The number of benzene rings is 1. The number of nitrogens with one attached hydrogen (secondary N) is 2. The Labute approximate surface area is 200 Å². The number of aromatic nitrogens is 2. The summed E-state index contributed by atoms with van der Waals surface area (Å²) in [7, 11) is 1.80. The van der Waals surface area contributed by atoms with Crippen molar-refractivity contribution >= 4 is 52.5 Å². The molecule has 0 saturated carbocycles. The Hall–Kier alpha value is -3.64. The summed E-state index contributed by atoms with van der Waals surface area (Å²) in [5, 5.41) is 14.0. The first-order chi connectivity index (χ1) is 16.4. The van der Waals surface area contributed by atoms with Crippen LogP contribution in [0.5, 0.6) is 0 Å². The van der Waals surface area contributed by atoms with E-state index in [1.54, 1.807) is 29.0 Å². The largest absolute Gasteiger partial charge is 0.395 e. The average molecular weight is 484 g/mol. The maximum absolute atomic E-state index is 12.6. The third-order valence-electron chi connectivity index (χ3n) is 5.34. The number of likely N-dealkylation sites (N-methyl/N-ethyl adjacent to an activating group) is 1. The molecule has 4 rings (SSSR count). The molecular weight excluding hydrogens is 458 g/mol. The number of rotatable bonds is 6. The summed E-state index contributed by atoms with van der Waals surface area (Å²) in [5.41, 5.74) is 1.21. The van der Waals surface area contributed by atoms with Crippen LogP contribution >= 0.6 is 11.8 Å². The van der Waals surface area contributed by atoms with E-state index < -0.39 is 11.1 Å². The monoisotopic (exact) mass is 483 g/mol. The van der Waals surface area contributed by atoms with Crippen molar-refractivity contribution in [3.8, 4) is 0 Å². The van der Waals surface area contributed by atoms with Crippen molar-refractivity contribution < 1.29 is 19.5 Å². The number of carbonyl (C=O) groups excluding carboxylic acids is 3. The van der Waals surface area contributed by atoms with Gasteiger partial charge in [0.25, 0.3) is 11.1 Å². The number of para-hydroxylation sites is 1. The van der Waals surface area contributed by atoms with Crippen molar-refractivity contribution in [2.45, 2.75) is 0 Å². The Morgan fingerprint density at radius 1 is 1.21 bits per heavy atom. The summed E-state index contributed by atoms with van der Waals surface area (Å²) in [4.78, 5) is 51.0. The molecule has 0 atom stereocenters. The van der Waals surface area contributed by atoms with Gasteiger partial charge in [0.05, 0.1) is 17.2 Å². The molecular formula is C22H25N7O4S. The number of urea groups is 1. The smallest absolute Gasteiger partial charge is 0.321 e. The minimum atomic E-state index is -0.460. The van der Waals surface area contributed by atoms with E-state index in [2.05, 4.69) is 20.6 Å². The predicted molar refractivity (Wildman–Crippen MR) is 131 cm³/mol. The molecule has 34 heavy (non-hydrogen) atoms. The van der Waals surface area contributed by atoms with Gasteiger partial charge in [-0.2, -0.15) is 4.98 Å². The third kappa shape index (κ3) is 5.64. The highest BCUT2D eigenvalue weighted by Gasteiger charge is 2.27. The molecule has 2 aliphatic rings. The Kier molecular flexibility index (Phi) is 7.28. The number of carbonyl (C=O) groups is 3. The zero-order valence-corrected chi connectivity index (χ0v) is 19.4. The van der Waals surface area contributed by atoms with Gasteiger partial charge >= 0.3 is 6.03 Å². The number of anilines is 3. The summed E-state index contributed by atoms with van der Waals surface area (Å²) in [6, 6.07) is 10.8. The van der Waals surface area contributed by atoms with E-state index in [-0.39, 0.29) is 17.5 Å². The summed E-state index contributed by atoms with van der Waals surface area (Å²) >= 11 is 0.821. The number of piperazine rings is 1. The first kappa shape index (κ1) is 23.5. The molecule has 11 nitrogen and oxygen atoms in total. The van der Waals surface area contributed by atoms with Crippen LogP contribution in [0.25, 0.3) is 6.08 Å². The number of amides is 4. The van der Waals surface area contributed by atoms with E-state index in [9.17, 15) is 19.5 Å². The fourth-order valence-corrected chi connectivity index (χ4v) is 4.17. The van der Waals surface area contributed by atoms with Crippen LogP contribution in [-0.4, -0.2) is 83.5 Å². The number of thioether (sulfide) groups is 1. The van der Waals surface area contributed by atoms with Crippen molar-refractivity contribution in [3.63, 3.8) is 0 Å². The zero-order valence-electron chi connectivity index (χ0n) is 18.6. The highest BCUT2D eigenvalue weighted by molar-refractivity contribution is 8.18. The number of hydrogen-bond acceptors (Lipinski definition) is 9. The van der Waals surface area contributed by atoms with Gasteiger partial charge in [0, 0.05) is 51.5 Å². The normalized spacial score (nSPS) is 17.2. The molecule has 0 unspecified atom stereocenters. The first-order valence-corrected chi connectivity index (χ1v) is 11.6. The van der Waals surface area contributed by atoms with Gasteiger partial charge in [-0.15, -0.1) is 0 Å². The minimum Gasteiger partial charge on any atom is -0.395 e. The van der Waals surface area contributed by atoms with Gasteiger partial charge in [-0.1, -0.05) is 18.2 Å². The lowest BCUT2D eigenvalue weighted by Gasteiger charge is -2.35. The third-order valence-corrected chi connectivity index (χ3v) is 6.15. The van der Waals surface area contributed by atoms with Crippen molar-refractivity contribution in [2.24, 2.45) is 0 Å². The second kappa shape index (κ2) is 10.5. The van der Waals surface area contributed by atoms with Gasteiger partial charge < -0.3 is 25.1 Å². The molecule has 4 amide bonds. The molecule has 12 heteroatoms. The molecule has 0 radical (unpaired) electrons. The topological polar surface area (TPSA) is 131 Å². The van der Waals surface area contributed by atoms with Crippen molar-refractivity contribution in [1.82, 2.24) is 20.2 Å². The number of aliphatic hydroxyl groups is 1. The molecule has 1 aromatic heterocycles. The summed E-state index contributed by atoms with van der Waals surface area (Å²) in [6.45, 7) is 2.35. The molecule has 0 aliphatic carbocycles. The van der Waals surface area contributed by atoms with E-state index in [1.165, 1.54) is 0 Å². The Bertz CT molecular complexity index is 1100. The van der Waals surface area contributed by atoms with Crippen LogP contribution in [0.15, 0.2) is 41.3 Å². The number of aliphatic hydroxyl groups excluding tert-OH is 1.